The number of hydrogen-bond acceptors (Lipinski definition) is 3. The van der Waals surface area contributed by atoms with Crippen LogP contribution >= 0.6 is 0 Å². The maximum atomic E-state index is 5.86. The molecule has 3 nitrogen and oxygen atoms in total. The molecule has 1 unspecified atom stereocenters. The van der Waals surface area contributed by atoms with E-state index in [0.29, 0.717) is 18.1 Å². The van der Waals surface area contributed by atoms with Crippen molar-refractivity contribution < 1.29 is 4.74 Å². The Morgan fingerprint density at radius 2 is 1.86 bits per heavy atom. The molecule has 0 amide bonds. The smallest absolute Gasteiger partial charge is 0.119 e. The van der Waals surface area contributed by atoms with Crippen molar-refractivity contribution in [1.82, 2.24) is 5.32 Å². The van der Waals surface area contributed by atoms with Crippen LogP contribution in [0.15, 0.2) is 36.2 Å². The molecule has 2 aliphatic rings. The summed E-state index contributed by atoms with van der Waals surface area (Å²) in [7, 11) is 0. The third kappa shape index (κ3) is 3.76. The lowest BCUT2D eigenvalue weighted by atomic mass is 9.71. The molecular weight excluding hydrogens is 272 g/mol. The number of benzene rings is 1. The summed E-state index contributed by atoms with van der Waals surface area (Å²) < 4.78 is 5.86. The van der Waals surface area contributed by atoms with Crippen molar-refractivity contribution in [2.24, 2.45) is 11.1 Å². The van der Waals surface area contributed by atoms with E-state index in [4.69, 9.17) is 10.5 Å². The highest BCUT2D eigenvalue weighted by Crippen LogP contribution is 2.42. The van der Waals surface area contributed by atoms with Crippen LogP contribution in [0.4, 0.5) is 0 Å². The molecule has 0 radical (unpaired) electrons. The second-order valence-corrected chi connectivity index (χ2v) is 7.55. The zero-order valence-corrected chi connectivity index (χ0v) is 13.8. The van der Waals surface area contributed by atoms with Crippen molar-refractivity contribution in [2.75, 3.05) is 6.61 Å². The molecule has 3 rings (SSSR count). The van der Waals surface area contributed by atoms with Gasteiger partial charge in [-0.15, -0.1) is 0 Å². The van der Waals surface area contributed by atoms with Crippen LogP contribution in [0.5, 0.6) is 5.75 Å². The summed E-state index contributed by atoms with van der Waals surface area (Å²) in [5.41, 5.74) is 7.71. The van der Waals surface area contributed by atoms with E-state index in [0.717, 1.165) is 23.9 Å². The second kappa shape index (κ2) is 6.23. The molecule has 1 saturated carbocycles. The SMILES string of the molecule is CC1(C)CCC(c2ccc(OCC3CC=C(N)N3)cc2)CC1. The third-order valence-electron chi connectivity index (χ3n) is 5.13. The van der Waals surface area contributed by atoms with Gasteiger partial charge in [-0.05, 0) is 67.2 Å². The highest BCUT2D eigenvalue weighted by atomic mass is 16.5. The first kappa shape index (κ1) is 15.3. The Morgan fingerprint density at radius 1 is 1.18 bits per heavy atom. The Labute approximate surface area is 133 Å². The first-order valence-electron chi connectivity index (χ1n) is 8.47. The number of ether oxygens (including phenoxy) is 1. The van der Waals surface area contributed by atoms with E-state index in [9.17, 15) is 0 Å². The molecule has 120 valence electrons. The lowest BCUT2D eigenvalue weighted by Crippen LogP contribution is -2.31. The van der Waals surface area contributed by atoms with Gasteiger partial charge in [0.1, 0.15) is 12.4 Å². The predicted molar refractivity (Wildman–Crippen MR) is 90.7 cm³/mol. The quantitative estimate of drug-likeness (QED) is 0.886. The van der Waals surface area contributed by atoms with Gasteiger partial charge in [0.05, 0.1) is 11.9 Å². The Balaban J connectivity index is 1.50. The van der Waals surface area contributed by atoms with Crippen molar-refractivity contribution >= 4 is 0 Å². The van der Waals surface area contributed by atoms with Crippen LogP contribution < -0.4 is 15.8 Å². The van der Waals surface area contributed by atoms with E-state index in [1.165, 1.54) is 31.2 Å². The van der Waals surface area contributed by atoms with Gasteiger partial charge in [-0.1, -0.05) is 26.0 Å². The van der Waals surface area contributed by atoms with Crippen LogP contribution in [-0.4, -0.2) is 12.6 Å². The summed E-state index contributed by atoms with van der Waals surface area (Å²) in [5.74, 6) is 2.44. The molecule has 0 aromatic heterocycles. The van der Waals surface area contributed by atoms with Crippen molar-refractivity contribution in [3.05, 3.63) is 41.7 Å². The molecule has 22 heavy (non-hydrogen) atoms. The number of rotatable bonds is 4. The highest BCUT2D eigenvalue weighted by Gasteiger charge is 2.27. The largest absolute Gasteiger partial charge is 0.491 e. The van der Waals surface area contributed by atoms with Gasteiger partial charge in [0.25, 0.3) is 0 Å². The molecule has 1 fully saturated rings. The molecule has 1 aliphatic heterocycles. The van der Waals surface area contributed by atoms with Crippen LogP contribution in [-0.2, 0) is 0 Å². The Morgan fingerprint density at radius 3 is 2.45 bits per heavy atom. The van der Waals surface area contributed by atoms with Gasteiger partial charge in [-0.2, -0.15) is 0 Å². The minimum Gasteiger partial charge on any atom is -0.491 e. The van der Waals surface area contributed by atoms with E-state index in [-0.39, 0.29) is 0 Å². The average Bonchev–Trinajstić information content (AvgIpc) is 2.91. The van der Waals surface area contributed by atoms with E-state index in [1.54, 1.807) is 0 Å². The Kier molecular flexibility index (Phi) is 4.32. The van der Waals surface area contributed by atoms with Crippen molar-refractivity contribution in [3.8, 4) is 5.75 Å². The summed E-state index contributed by atoms with van der Waals surface area (Å²) in [6, 6.07) is 9.02. The van der Waals surface area contributed by atoms with Crippen LogP contribution in [0, 0.1) is 5.41 Å². The summed E-state index contributed by atoms with van der Waals surface area (Å²) in [4.78, 5) is 0. The lowest BCUT2D eigenvalue weighted by molar-refractivity contribution is 0.224. The van der Waals surface area contributed by atoms with Gasteiger partial charge in [0.15, 0.2) is 0 Å². The second-order valence-electron chi connectivity index (χ2n) is 7.55. The summed E-state index contributed by atoms with van der Waals surface area (Å²) in [6.45, 7) is 5.44. The lowest BCUT2D eigenvalue weighted by Gasteiger charge is -2.34. The molecule has 1 aromatic rings. The zero-order valence-electron chi connectivity index (χ0n) is 13.8. The van der Waals surface area contributed by atoms with Gasteiger partial charge in [-0.3, -0.25) is 0 Å². The van der Waals surface area contributed by atoms with E-state index >= 15 is 0 Å². The minimum absolute atomic E-state index is 0.306. The van der Waals surface area contributed by atoms with Gasteiger partial charge in [-0.25, -0.2) is 0 Å². The topological polar surface area (TPSA) is 47.3 Å². The standard InChI is InChI=1S/C19H28N2O/c1-19(2)11-9-15(10-12-19)14-3-6-17(7-4-14)22-13-16-5-8-18(20)21-16/h3-4,6-8,15-16,21H,5,9-13,20H2,1-2H3. The first-order chi connectivity index (χ1) is 10.5. The predicted octanol–water partition coefficient (Wildman–Crippen LogP) is 3.91. The molecular formula is C19H28N2O. The molecule has 1 heterocycles. The van der Waals surface area contributed by atoms with Crippen molar-refractivity contribution in [2.45, 2.75) is 57.9 Å². The Hall–Kier alpha value is -1.64. The van der Waals surface area contributed by atoms with Crippen LogP contribution in [0.2, 0.25) is 0 Å². The van der Waals surface area contributed by atoms with E-state index in [2.05, 4.69) is 43.4 Å². The van der Waals surface area contributed by atoms with Crippen LogP contribution in [0.25, 0.3) is 0 Å². The van der Waals surface area contributed by atoms with Crippen molar-refractivity contribution in [1.29, 1.82) is 0 Å². The number of nitrogens with two attached hydrogens (primary N) is 1. The van der Waals surface area contributed by atoms with E-state index in [1.807, 2.05) is 6.08 Å². The fraction of sp³-hybridized carbons (Fsp3) is 0.579. The normalized spacial score (nSPS) is 24.6. The summed E-state index contributed by atoms with van der Waals surface area (Å²) in [5, 5.41) is 3.21. The van der Waals surface area contributed by atoms with Gasteiger partial charge < -0.3 is 15.8 Å². The number of hydrogen-bond donors (Lipinski definition) is 2. The van der Waals surface area contributed by atoms with Gasteiger partial charge >= 0.3 is 0 Å². The summed E-state index contributed by atoms with van der Waals surface area (Å²) in [6.07, 6.45) is 8.24. The zero-order chi connectivity index (χ0) is 15.6. The molecule has 0 saturated heterocycles. The molecule has 1 aromatic carbocycles. The van der Waals surface area contributed by atoms with Gasteiger partial charge in [0.2, 0.25) is 0 Å². The van der Waals surface area contributed by atoms with Gasteiger partial charge in [0, 0.05) is 0 Å². The van der Waals surface area contributed by atoms with Crippen LogP contribution in [0.1, 0.15) is 57.4 Å². The third-order valence-corrected chi connectivity index (χ3v) is 5.13. The van der Waals surface area contributed by atoms with Crippen molar-refractivity contribution in [3.63, 3.8) is 0 Å². The molecule has 3 heteroatoms. The number of nitrogens with one attached hydrogen (secondary N) is 1. The fourth-order valence-electron chi connectivity index (χ4n) is 3.50. The average molecular weight is 300 g/mol. The fourth-order valence-corrected chi connectivity index (χ4v) is 3.50. The molecule has 0 spiro atoms. The first-order valence-corrected chi connectivity index (χ1v) is 8.47. The molecule has 3 N–H and O–H groups in total. The highest BCUT2D eigenvalue weighted by molar-refractivity contribution is 5.30. The monoisotopic (exact) mass is 300 g/mol. The van der Waals surface area contributed by atoms with E-state index < -0.39 is 0 Å². The summed E-state index contributed by atoms with van der Waals surface area (Å²) >= 11 is 0. The maximum Gasteiger partial charge on any atom is 0.119 e. The maximum absolute atomic E-state index is 5.86. The van der Waals surface area contributed by atoms with Crippen LogP contribution in [0.3, 0.4) is 0 Å². The molecule has 1 atom stereocenters. The molecule has 1 aliphatic carbocycles. The Bertz CT molecular complexity index is 523. The molecule has 0 bridgehead atoms. The minimum atomic E-state index is 0.306.